The summed E-state index contributed by atoms with van der Waals surface area (Å²) in [7, 11) is -2.68. The largest absolute Gasteiger partial charge is 0.357 e. The second kappa shape index (κ2) is 13.4. The molecule has 0 aliphatic rings. The van der Waals surface area contributed by atoms with Gasteiger partial charge in [0, 0.05) is 20.0 Å². The lowest BCUT2D eigenvalue weighted by Crippen LogP contribution is -2.53. The number of likely N-dealkylation sites (N-methyl/N-ethyl adjacent to an activating group) is 1. The summed E-state index contributed by atoms with van der Waals surface area (Å²) in [5.74, 6) is -1.42. The molecule has 0 bridgehead atoms. The van der Waals surface area contributed by atoms with E-state index in [4.69, 9.17) is 0 Å². The zero-order chi connectivity index (χ0) is 30.3. The Hall–Kier alpha value is -4.50. The van der Waals surface area contributed by atoms with Crippen LogP contribution in [-0.2, 0) is 32.6 Å². The summed E-state index contributed by atoms with van der Waals surface area (Å²) < 4.78 is 42.8. The first-order valence-corrected chi connectivity index (χ1v) is 15.0. The van der Waals surface area contributed by atoms with Crippen LogP contribution in [-0.4, -0.2) is 44.8 Å². The monoisotopic (exact) mass is 587 g/mol. The molecule has 218 valence electrons. The molecule has 0 fully saturated rings. The van der Waals surface area contributed by atoms with Gasteiger partial charge in [-0.3, -0.25) is 13.9 Å². The number of nitrogens with zero attached hydrogens (tertiary/aromatic N) is 2. The first-order chi connectivity index (χ1) is 20.1. The van der Waals surface area contributed by atoms with Gasteiger partial charge in [0.2, 0.25) is 11.8 Å². The van der Waals surface area contributed by atoms with Crippen molar-refractivity contribution in [3.8, 4) is 0 Å². The quantitative estimate of drug-likeness (QED) is 0.267. The number of sulfonamides is 1. The molecule has 0 heterocycles. The normalized spacial score (nSPS) is 11.9. The molecule has 4 aromatic rings. The van der Waals surface area contributed by atoms with Crippen LogP contribution in [0.5, 0.6) is 0 Å². The van der Waals surface area contributed by atoms with Crippen molar-refractivity contribution in [2.24, 2.45) is 0 Å². The molecule has 0 saturated heterocycles. The van der Waals surface area contributed by atoms with Gasteiger partial charge < -0.3 is 10.2 Å². The summed E-state index contributed by atoms with van der Waals surface area (Å²) in [4.78, 5) is 28.9. The Morgan fingerprint density at radius 3 is 2.10 bits per heavy atom. The van der Waals surface area contributed by atoms with Crippen molar-refractivity contribution in [2.75, 3.05) is 17.9 Å². The predicted molar refractivity (Wildman–Crippen MR) is 162 cm³/mol. The average Bonchev–Trinajstić information content (AvgIpc) is 2.98. The van der Waals surface area contributed by atoms with Gasteiger partial charge >= 0.3 is 0 Å². The molecular formula is C33H34FN3O4S. The molecule has 4 aromatic carbocycles. The number of anilines is 1. The van der Waals surface area contributed by atoms with Crippen LogP contribution < -0.4 is 9.62 Å². The van der Waals surface area contributed by atoms with Gasteiger partial charge in [0.25, 0.3) is 10.0 Å². The van der Waals surface area contributed by atoms with Crippen LogP contribution in [0.2, 0.25) is 0 Å². The minimum absolute atomic E-state index is 0.0315. The van der Waals surface area contributed by atoms with Gasteiger partial charge in [-0.25, -0.2) is 12.8 Å². The Morgan fingerprint density at radius 1 is 0.810 bits per heavy atom. The summed E-state index contributed by atoms with van der Waals surface area (Å²) in [6, 6.07) is 27.3. The number of carbonyl (C=O) groups excluding carboxylic acids is 2. The minimum Gasteiger partial charge on any atom is -0.357 e. The van der Waals surface area contributed by atoms with E-state index in [-0.39, 0.29) is 17.9 Å². The third kappa shape index (κ3) is 7.41. The molecule has 4 rings (SSSR count). The Balaban J connectivity index is 1.78. The third-order valence-electron chi connectivity index (χ3n) is 6.96. The molecule has 42 heavy (non-hydrogen) atoms. The van der Waals surface area contributed by atoms with Crippen LogP contribution in [0.25, 0.3) is 0 Å². The van der Waals surface area contributed by atoms with Crippen LogP contribution in [0.4, 0.5) is 10.1 Å². The van der Waals surface area contributed by atoms with Crippen molar-refractivity contribution in [3.05, 3.63) is 131 Å². The van der Waals surface area contributed by atoms with Crippen LogP contribution in [0.15, 0.2) is 108 Å². The van der Waals surface area contributed by atoms with E-state index in [9.17, 15) is 22.4 Å². The van der Waals surface area contributed by atoms with Crippen LogP contribution in [0.1, 0.15) is 22.3 Å². The van der Waals surface area contributed by atoms with E-state index in [1.54, 1.807) is 42.5 Å². The first-order valence-electron chi connectivity index (χ1n) is 13.5. The molecule has 7 nitrogen and oxygen atoms in total. The smallest absolute Gasteiger partial charge is 0.264 e. The molecule has 0 radical (unpaired) electrons. The fraction of sp³-hybridized carbons (Fsp3) is 0.212. The van der Waals surface area contributed by atoms with E-state index in [1.807, 2.05) is 50.2 Å². The summed E-state index contributed by atoms with van der Waals surface area (Å²) >= 11 is 0. The molecule has 0 aliphatic carbocycles. The number of hydrogen-bond acceptors (Lipinski definition) is 4. The van der Waals surface area contributed by atoms with E-state index in [0.717, 1.165) is 21.0 Å². The van der Waals surface area contributed by atoms with Gasteiger partial charge in [-0.1, -0.05) is 72.3 Å². The van der Waals surface area contributed by atoms with Gasteiger partial charge in [-0.05, 0) is 66.9 Å². The second-order valence-electron chi connectivity index (χ2n) is 10.1. The summed E-state index contributed by atoms with van der Waals surface area (Å²) in [6.45, 7) is 3.11. The van der Waals surface area contributed by atoms with Crippen LogP contribution in [0.3, 0.4) is 0 Å². The Morgan fingerprint density at radius 2 is 1.48 bits per heavy atom. The number of aryl methyl sites for hydroxylation is 2. The zero-order valence-electron chi connectivity index (χ0n) is 23.8. The lowest BCUT2D eigenvalue weighted by atomic mass is 10.0. The van der Waals surface area contributed by atoms with E-state index < -0.39 is 40.2 Å². The topological polar surface area (TPSA) is 86.8 Å². The zero-order valence-corrected chi connectivity index (χ0v) is 24.6. The first kappa shape index (κ1) is 30.5. The van der Waals surface area contributed by atoms with Gasteiger partial charge in [-0.15, -0.1) is 0 Å². The molecule has 0 saturated carbocycles. The summed E-state index contributed by atoms with van der Waals surface area (Å²) in [5.41, 5.74) is 3.46. The van der Waals surface area contributed by atoms with Crippen molar-refractivity contribution in [3.63, 3.8) is 0 Å². The minimum atomic E-state index is -4.17. The van der Waals surface area contributed by atoms with E-state index >= 15 is 0 Å². The van der Waals surface area contributed by atoms with Gasteiger partial charge in [0.05, 0.1) is 10.6 Å². The molecule has 0 aromatic heterocycles. The lowest BCUT2D eigenvalue weighted by molar-refractivity contribution is -0.139. The van der Waals surface area contributed by atoms with E-state index in [2.05, 4.69) is 5.32 Å². The fourth-order valence-electron chi connectivity index (χ4n) is 4.66. The highest BCUT2D eigenvalue weighted by molar-refractivity contribution is 7.92. The van der Waals surface area contributed by atoms with Crippen LogP contribution >= 0.6 is 0 Å². The Kier molecular flexibility index (Phi) is 9.75. The standard InChI is InChI=1S/C33H34FN3O4S/c1-24-12-18-30(19-13-24)42(40,41)37(29-11-7-8-25(2)20-29)23-32(38)36(22-27-14-16-28(34)17-15-27)31(33(39)35-3)21-26-9-5-4-6-10-26/h4-20,31H,21-23H2,1-3H3,(H,35,39)/t31-/m0/s1. The number of hydrogen-bond donors (Lipinski definition) is 1. The third-order valence-corrected chi connectivity index (χ3v) is 8.75. The maximum absolute atomic E-state index is 14.2. The molecule has 0 spiro atoms. The molecular weight excluding hydrogens is 553 g/mol. The highest BCUT2D eigenvalue weighted by Crippen LogP contribution is 2.26. The van der Waals surface area contributed by atoms with Gasteiger partial charge in [0.1, 0.15) is 18.4 Å². The molecule has 0 unspecified atom stereocenters. The number of amides is 2. The highest BCUT2D eigenvalue weighted by Gasteiger charge is 2.34. The lowest BCUT2D eigenvalue weighted by Gasteiger charge is -2.33. The molecule has 1 N–H and O–H groups in total. The Bertz CT molecular complexity index is 1630. The number of benzene rings is 4. The highest BCUT2D eigenvalue weighted by atomic mass is 32.2. The molecule has 1 atom stereocenters. The van der Waals surface area contributed by atoms with Crippen molar-refractivity contribution in [1.29, 1.82) is 0 Å². The second-order valence-corrected chi connectivity index (χ2v) is 12.0. The van der Waals surface area contributed by atoms with Gasteiger partial charge in [0.15, 0.2) is 0 Å². The maximum atomic E-state index is 14.2. The maximum Gasteiger partial charge on any atom is 0.264 e. The van der Waals surface area contributed by atoms with Crippen molar-refractivity contribution in [1.82, 2.24) is 10.2 Å². The van der Waals surface area contributed by atoms with Crippen molar-refractivity contribution < 1.29 is 22.4 Å². The van der Waals surface area contributed by atoms with Crippen molar-refractivity contribution >= 4 is 27.5 Å². The molecule has 2 amide bonds. The number of nitrogens with one attached hydrogen (secondary N) is 1. The van der Waals surface area contributed by atoms with Crippen LogP contribution in [0, 0.1) is 19.7 Å². The van der Waals surface area contributed by atoms with Crippen molar-refractivity contribution in [2.45, 2.75) is 37.8 Å². The molecule has 0 aliphatic heterocycles. The summed E-state index contributed by atoms with van der Waals surface area (Å²) in [5, 5.41) is 2.64. The summed E-state index contributed by atoms with van der Waals surface area (Å²) in [6.07, 6.45) is 0.197. The predicted octanol–water partition coefficient (Wildman–Crippen LogP) is 5.02. The number of rotatable bonds is 11. The Labute approximate surface area is 246 Å². The number of carbonyl (C=O) groups is 2. The van der Waals surface area contributed by atoms with E-state index in [1.165, 1.54) is 36.2 Å². The average molecular weight is 588 g/mol. The number of halogens is 1. The SMILES string of the molecule is CNC(=O)[C@H](Cc1ccccc1)N(Cc1ccc(F)cc1)C(=O)CN(c1cccc(C)c1)S(=O)(=O)c1ccc(C)cc1. The fourth-order valence-corrected chi connectivity index (χ4v) is 6.06. The molecule has 9 heteroatoms. The van der Waals surface area contributed by atoms with Gasteiger partial charge in [-0.2, -0.15) is 0 Å². The van der Waals surface area contributed by atoms with E-state index in [0.29, 0.717) is 11.3 Å².